The van der Waals surface area contributed by atoms with E-state index in [9.17, 15) is 9.60 Å². The number of halogens is 2. The third kappa shape index (κ3) is 3.86. The molecule has 0 saturated carbocycles. The lowest BCUT2D eigenvalue weighted by Gasteiger charge is -2.13. The highest BCUT2D eigenvalue weighted by molar-refractivity contribution is 9.11. The number of aromatic nitrogens is 2. The van der Waals surface area contributed by atoms with Crippen molar-refractivity contribution in [1.82, 2.24) is 15.8 Å². The lowest BCUT2D eigenvalue weighted by molar-refractivity contribution is 0.233. The number of rotatable bonds is 5. The van der Waals surface area contributed by atoms with E-state index in [4.69, 9.17) is 5.73 Å². The van der Waals surface area contributed by atoms with Crippen LogP contribution in [0.3, 0.4) is 0 Å². The minimum Gasteiger partial charge on any atom is -0.364 e. The smallest absolute Gasteiger partial charge is 0.202 e. The van der Waals surface area contributed by atoms with Crippen molar-refractivity contribution in [3.63, 3.8) is 0 Å². The fourth-order valence-corrected chi connectivity index (χ4v) is 2.15. The van der Waals surface area contributed by atoms with Crippen LogP contribution in [0.1, 0.15) is 12.1 Å². The SMILES string of the molecule is NCCNc1nonc1C(=NC1C=C(Br)C(F)=CC1)NO. The third-order valence-corrected chi connectivity index (χ3v) is 3.30. The van der Waals surface area contributed by atoms with Crippen LogP contribution in [0.4, 0.5) is 10.2 Å². The molecule has 8 nitrogen and oxygen atoms in total. The van der Waals surface area contributed by atoms with Gasteiger partial charge in [0.1, 0.15) is 5.83 Å². The van der Waals surface area contributed by atoms with Gasteiger partial charge < -0.3 is 11.1 Å². The predicted molar refractivity (Wildman–Crippen MR) is 77.9 cm³/mol. The monoisotopic (exact) mass is 360 g/mol. The van der Waals surface area contributed by atoms with Crippen molar-refractivity contribution in [3.05, 3.63) is 28.2 Å². The number of nitrogens with two attached hydrogens (primary N) is 1. The van der Waals surface area contributed by atoms with Crippen LogP contribution in [-0.2, 0) is 0 Å². The molecule has 1 heterocycles. The number of hydrogen-bond donors (Lipinski definition) is 4. The third-order valence-electron chi connectivity index (χ3n) is 2.66. The molecule has 0 saturated heterocycles. The molecule has 0 aliphatic heterocycles. The molecular formula is C11H14BrFN6O2. The van der Waals surface area contributed by atoms with Crippen LogP contribution in [0.15, 0.2) is 32.1 Å². The van der Waals surface area contributed by atoms with E-state index >= 15 is 0 Å². The standard InChI is InChI=1S/C11H14BrFN6O2/c12-7-5-6(1-2-8(7)13)16-11(17-20)9-10(15-4-3-14)19-21-18-9/h2,5-6,20H,1,3-4,14H2,(H,15,19)(H,16,17). The van der Waals surface area contributed by atoms with Crippen LogP contribution < -0.4 is 16.5 Å². The number of nitrogens with zero attached hydrogens (tertiary/aromatic N) is 3. The van der Waals surface area contributed by atoms with E-state index in [0.29, 0.717) is 29.8 Å². The lowest BCUT2D eigenvalue weighted by Crippen LogP contribution is -2.25. The van der Waals surface area contributed by atoms with Gasteiger partial charge in [-0.2, -0.15) is 0 Å². The van der Waals surface area contributed by atoms with Crippen molar-refractivity contribution in [1.29, 1.82) is 0 Å². The van der Waals surface area contributed by atoms with Gasteiger partial charge in [0.2, 0.25) is 5.82 Å². The Bertz CT molecular complexity index is 585. The highest BCUT2D eigenvalue weighted by Crippen LogP contribution is 2.26. The van der Waals surface area contributed by atoms with Crippen LogP contribution in [0.5, 0.6) is 0 Å². The van der Waals surface area contributed by atoms with Gasteiger partial charge in [0, 0.05) is 13.1 Å². The van der Waals surface area contributed by atoms with Crippen LogP contribution in [-0.4, -0.2) is 40.5 Å². The van der Waals surface area contributed by atoms with Crippen LogP contribution in [0.2, 0.25) is 0 Å². The van der Waals surface area contributed by atoms with E-state index in [2.05, 4.69) is 41.2 Å². The zero-order chi connectivity index (χ0) is 15.2. The summed E-state index contributed by atoms with van der Waals surface area (Å²) >= 11 is 3.10. The summed E-state index contributed by atoms with van der Waals surface area (Å²) in [4.78, 5) is 4.25. The summed E-state index contributed by atoms with van der Waals surface area (Å²) in [6, 6.07) is -0.354. The normalized spacial score (nSPS) is 19.0. The van der Waals surface area contributed by atoms with Crippen molar-refractivity contribution >= 4 is 27.6 Å². The van der Waals surface area contributed by atoms with Crippen molar-refractivity contribution in [3.8, 4) is 0 Å². The van der Waals surface area contributed by atoms with Crippen LogP contribution in [0, 0.1) is 0 Å². The zero-order valence-electron chi connectivity index (χ0n) is 10.9. The Labute approximate surface area is 128 Å². The molecular weight excluding hydrogens is 347 g/mol. The molecule has 114 valence electrons. The summed E-state index contributed by atoms with van der Waals surface area (Å²) in [6.07, 6.45) is 3.36. The number of aliphatic imine (C=N–C) groups is 1. The first-order chi connectivity index (χ1) is 10.2. The molecule has 1 atom stereocenters. The maximum atomic E-state index is 13.2. The number of nitrogens with one attached hydrogen (secondary N) is 2. The van der Waals surface area contributed by atoms with E-state index in [-0.39, 0.29) is 23.4 Å². The quantitative estimate of drug-likeness (QED) is 0.352. The topological polar surface area (TPSA) is 122 Å². The Kier molecular flexibility index (Phi) is 5.42. The summed E-state index contributed by atoms with van der Waals surface area (Å²) in [5, 5.41) is 19.5. The van der Waals surface area contributed by atoms with Crippen LogP contribution in [0.25, 0.3) is 0 Å². The average molecular weight is 361 g/mol. The molecule has 1 aromatic rings. The molecule has 1 aromatic heterocycles. The van der Waals surface area contributed by atoms with Gasteiger partial charge in [-0.05, 0) is 44.8 Å². The predicted octanol–water partition coefficient (Wildman–Crippen LogP) is 1.07. The average Bonchev–Trinajstić information content (AvgIpc) is 2.94. The fourth-order valence-electron chi connectivity index (χ4n) is 1.69. The lowest BCUT2D eigenvalue weighted by atomic mass is 10.1. The van der Waals surface area contributed by atoms with Gasteiger partial charge in [0.15, 0.2) is 11.5 Å². The molecule has 21 heavy (non-hydrogen) atoms. The molecule has 1 unspecified atom stereocenters. The molecule has 1 aliphatic rings. The largest absolute Gasteiger partial charge is 0.364 e. The minimum absolute atomic E-state index is 0.0630. The van der Waals surface area contributed by atoms with E-state index < -0.39 is 0 Å². The number of amidine groups is 1. The van der Waals surface area contributed by atoms with Gasteiger partial charge in [-0.3, -0.25) is 15.7 Å². The first-order valence-corrected chi connectivity index (χ1v) is 6.93. The van der Waals surface area contributed by atoms with E-state index in [1.54, 1.807) is 6.08 Å². The highest BCUT2D eigenvalue weighted by Gasteiger charge is 2.19. The molecule has 0 aromatic carbocycles. The van der Waals surface area contributed by atoms with Gasteiger partial charge in [-0.15, -0.1) is 0 Å². The second kappa shape index (κ2) is 7.29. The summed E-state index contributed by atoms with van der Waals surface area (Å²) in [7, 11) is 0. The zero-order valence-corrected chi connectivity index (χ0v) is 12.5. The van der Waals surface area contributed by atoms with Crippen molar-refractivity contribution in [2.75, 3.05) is 18.4 Å². The molecule has 0 spiro atoms. The minimum atomic E-state index is -0.354. The van der Waals surface area contributed by atoms with Gasteiger partial charge in [0.05, 0.1) is 10.5 Å². The van der Waals surface area contributed by atoms with E-state index in [1.807, 2.05) is 5.48 Å². The molecule has 0 radical (unpaired) electrons. The van der Waals surface area contributed by atoms with Gasteiger partial charge in [-0.25, -0.2) is 9.02 Å². The summed E-state index contributed by atoms with van der Waals surface area (Å²) in [5.41, 5.74) is 7.56. The number of hydroxylamine groups is 1. The molecule has 5 N–H and O–H groups in total. The summed E-state index contributed by atoms with van der Waals surface area (Å²) in [5.74, 6) is 0.0303. The maximum absolute atomic E-state index is 13.2. The summed E-state index contributed by atoms with van der Waals surface area (Å²) < 4.78 is 18.2. The first kappa shape index (κ1) is 15.6. The number of anilines is 1. The molecule has 2 rings (SSSR count). The summed E-state index contributed by atoms with van der Waals surface area (Å²) in [6.45, 7) is 0.858. The number of hydrogen-bond acceptors (Lipinski definition) is 7. The molecule has 0 bridgehead atoms. The first-order valence-electron chi connectivity index (χ1n) is 6.13. The Morgan fingerprint density at radius 2 is 2.43 bits per heavy atom. The highest BCUT2D eigenvalue weighted by atomic mass is 79.9. The van der Waals surface area contributed by atoms with Gasteiger partial charge in [-0.1, -0.05) is 0 Å². The Balaban J connectivity index is 2.20. The number of allylic oxidation sites excluding steroid dienone is 2. The van der Waals surface area contributed by atoms with Crippen LogP contribution >= 0.6 is 15.9 Å². The molecule has 0 amide bonds. The Morgan fingerprint density at radius 3 is 3.10 bits per heavy atom. The molecule has 0 fully saturated rings. The van der Waals surface area contributed by atoms with E-state index in [0.717, 1.165) is 0 Å². The fraction of sp³-hybridized carbons (Fsp3) is 0.364. The molecule has 10 heteroatoms. The second-order valence-electron chi connectivity index (χ2n) is 4.14. The maximum Gasteiger partial charge on any atom is 0.202 e. The van der Waals surface area contributed by atoms with E-state index in [1.165, 1.54) is 6.08 Å². The van der Waals surface area contributed by atoms with Gasteiger partial charge in [0.25, 0.3) is 0 Å². The second-order valence-corrected chi connectivity index (χ2v) is 4.99. The van der Waals surface area contributed by atoms with Gasteiger partial charge >= 0.3 is 0 Å². The molecule has 1 aliphatic carbocycles. The Morgan fingerprint density at radius 1 is 1.62 bits per heavy atom. The van der Waals surface area contributed by atoms with Crippen molar-refractivity contribution in [2.24, 2.45) is 10.7 Å². The van der Waals surface area contributed by atoms with Crippen molar-refractivity contribution in [2.45, 2.75) is 12.5 Å². The van der Waals surface area contributed by atoms with Crippen molar-refractivity contribution < 1.29 is 14.2 Å². The Hall–Kier alpha value is -1.78.